The van der Waals surface area contributed by atoms with Crippen LogP contribution in [0.15, 0.2) is 30.3 Å². The lowest BCUT2D eigenvalue weighted by atomic mass is 10.1. The van der Waals surface area contributed by atoms with Crippen LogP contribution in [0.2, 0.25) is 0 Å². The van der Waals surface area contributed by atoms with Gasteiger partial charge in [0.1, 0.15) is 5.75 Å². The third-order valence-electron chi connectivity index (χ3n) is 2.91. The average molecular weight is 291 g/mol. The van der Waals surface area contributed by atoms with Crippen LogP contribution in [-0.2, 0) is 4.79 Å². The summed E-state index contributed by atoms with van der Waals surface area (Å²) in [7, 11) is 0. The van der Waals surface area contributed by atoms with Gasteiger partial charge < -0.3 is 15.2 Å². The van der Waals surface area contributed by atoms with Crippen LogP contribution in [0.5, 0.6) is 5.75 Å². The highest BCUT2D eigenvalue weighted by Crippen LogP contribution is 2.15. The number of hydrogen-bond acceptors (Lipinski definition) is 3. The number of hydrogen-bond donors (Lipinski definition) is 2. The Balaban J connectivity index is 2.54. The van der Waals surface area contributed by atoms with E-state index in [4.69, 9.17) is 4.74 Å². The Morgan fingerprint density at radius 3 is 2.67 bits per heavy atom. The molecule has 0 bridgehead atoms. The minimum atomic E-state index is -0.523. The summed E-state index contributed by atoms with van der Waals surface area (Å²) < 4.78 is 5.60. The van der Waals surface area contributed by atoms with Gasteiger partial charge in [0, 0.05) is 12.6 Å². The maximum Gasteiger partial charge on any atom is 0.244 e. The molecule has 1 atom stereocenters. The topological polar surface area (TPSA) is 58.6 Å². The predicted molar refractivity (Wildman–Crippen MR) is 85.1 cm³/mol. The van der Waals surface area contributed by atoms with Crippen LogP contribution in [-0.4, -0.2) is 29.8 Å². The molecule has 21 heavy (non-hydrogen) atoms. The zero-order chi connectivity index (χ0) is 15.8. The van der Waals surface area contributed by atoms with Crippen molar-refractivity contribution in [1.29, 1.82) is 0 Å². The molecule has 116 valence electrons. The number of aliphatic hydroxyl groups excluding tert-OH is 1. The molecular weight excluding hydrogens is 266 g/mol. The molecule has 0 aliphatic heterocycles. The van der Waals surface area contributed by atoms with Crippen LogP contribution in [0.25, 0.3) is 6.08 Å². The molecule has 2 N–H and O–H groups in total. The van der Waals surface area contributed by atoms with Gasteiger partial charge >= 0.3 is 0 Å². The Labute approximate surface area is 126 Å². The number of carbonyl (C=O) groups excluding carboxylic acids is 1. The smallest absolute Gasteiger partial charge is 0.244 e. The molecule has 1 rings (SSSR count). The Hall–Kier alpha value is -1.81. The Morgan fingerprint density at radius 2 is 2.05 bits per heavy atom. The van der Waals surface area contributed by atoms with Crippen LogP contribution in [0.4, 0.5) is 0 Å². The van der Waals surface area contributed by atoms with E-state index in [9.17, 15) is 9.90 Å². The first kappa shape index (κ1) is 17.2. The third kappa shape index (κ3) is 6.95. The lowest BCUT2D eigenvalue weighted by Crippen LogP contribution is -2.33. The van der Waals surface area contributed by atoms with Crippen LogP contribution in [0.1, 0.15) is 33.3 Å². The maximum atomic E-state index is 11.7. The predicted octanol–water partition coefficient (Wildman–Crippen LogP) is 2.62. The van der Waals surface area contributed by atoms with E-state index in [-0.39, 0.29) is 24.5 Å². The molecule has 0 saturated carbocycles. The van der Waals surface area contributed by atoms with Crippen molar-refractivity contribution in [1.82, 2.24) is 5.32 Å². The van der Waals surface area contributed by atoms with Gasteiger partial charge in [-0.1, -0.05) is 26.0 Å². The standard InChI is InChI=1S/C17H25NO3/c1-12(2)16(19)11-18-17(20)9-8-14-6-5-7-15(10-14)21-13(3)4/h5-10,12-13,16,19H,11H2,1-4H3,(H,18,20)/b9-8+. The molecule has 0 fully saturated rings. The van der Waals surface area contributed by atoms with E-state index >= 15 is 0 Å². The van der Waals surface area contributed by atoms with Crippen molar-refractivity contribution in [2.45, 2.75) is 39.9 Å². The summed E-state index contributed by atoms with van der Waals surface area (Å²) in [6.45, 7) is 8.02. The van der Waals surface area contributed by atoms with Crippen LogP contribution < -0.4 is 10.1 Å². The van der Waals surface area contributed by atoms with Crippen molar-refractivity contribution in [3.05, 3.63) is 35.9 Å². The summed E-state index contributed by atoms with van der Waals surface area (Å²) >= 11 is 0. The molecular formula is C17H25NO3. The second-order valence-electron chi connectivity index (χ2n) is 5.63. The summed E-state index contributed by atoms with van der Waals surface area (Å²) in [5.74, 6) is 0.687. The van der Waals surface area contributed by atoms with E-state index in [1.54, 1.807) is 6.08 Å². The van der Waals surface area contributed by atoms with Gasteiger partial charge in [0.15, 0.2) is 0 Å². The van der Waals surface area contributed by atoms with Crippen LogP contribution in [0, 0.1) is 5.92 Å². The highest BCUT2D eigenvalue weighted by molar-refractivity contribution is 5.91. The van der Waals surface area contributed by atoms with E-state index in [0.29, 0.717) is 0 Å². The van der Waals surface area contributed by atoms with Gasteiger partial charge in [-0.3, -0.25) is 4.79 Å². The fraction of sp³-hybridized carbons (Fsp3) is 0.471. The van der Waals surface area contributed by atoms with E-state index < -0.39 is 6.10 Å². The number of benzene rings is 1. The fourth-order valence-electron chi connectivity index (χ4n) is 1.64. The minimum absolute atomic E-state index is 0.116. The van der Waals surface area contributed by atoms with Crippen molar-refractivity contribution in [2.24, 2.45) is 5.92 Å². The van der Waals surface area contributed by atoms with Crippen LogP contribution in [0.3, 0.4) is 0 Å². The van der Waals surface area contributed by atoms with Gasteiger partial charge in [-0.05, 0) is 43.5 Å². The third-order valence-corrected chi connectivity index (χ3v) is 2.91. The second kappa shape index (κ2) is 8.47. The van der Waals surface area contributed by atoms with Crippen molar-refractivity contribution in [2.75, 3.05) is 6.54 Å². The number of carbonyl (C=O) groups is 1. The van der Waals surface area contributed by atoms with Crippen molar-refractivity contribution in [3.8, 4) is 5.75 Å². The number of rotatable bonds is 7. The molecule has 0 radical (unpaired) electrons. The number of aliphatic hydroxyl groups is 1. The summed E-state index contributed by atoms with van der Waals surface area (Å²) in [6, 6.07) is 7.56. The van der Waals surface area contributed by atoms with Crippen molar-refractivity contribution >= 4 is 12.0 Å². The molecule has 1 aromatic carbocycles. The maximum absolute atomic E-state index is 11.7. The fourth-order valence-corrected chi connectivity index (χ4v) is 1.64. The minimum Gasteiger partial charge on any atom is -0.491 e. The molecule has 1 amide bonds. The van der Waals surface area contributed by atoms with Crippen LogP contribution >= 0.6 is 0 Å². The van der Waals surface area contributed by atoms with Gasteiger partial charge in [-0.15, -0.1) is 0 Å². The lowest BCUT2D eigenvalue weighted by Gasteiger charge is -2.14. The normalized spacial score (nSPS) is 12.9. The van der Waals surface area contributed by atoms with Crippen molar-refractivity contribution in [3.63, 3.8) is 0 Å². The quantitative estimate of drug-likeness (QED) is 0.759. The largest absolute Gasteiger partial charge is 0.491 e. The number of amides is 1. The summed E-state index contributed by atoms with van der Waals surface area (Å²) in [4.78, 5) is 11.7. The Bertz CT molecular complexity index is 481. The van der Waals surface area contributed by atoms with E-state index in [1.807, 2.05) is 52.0 Å². The van der Waals surface area contributed by atoms with Gasteiger partial charge in [-0.2, -0.15) is 0 Å². The highest BCUT2D eigenvalue weighted by Gasteiger charge is 2.09. The molecule has 0 heterocycles. The molecule has 1 unspecified atom stereocenters. The van der Waals surface area contributed by atoms with E-state index in [1.165, 1.54) is 6.08 Å². The van der Waals surface area contributed by atoms with Gasteiger partial charge in [0.2, 0.25) is 5.91 Å². The SMILES string of the molecule is CC(C)Oc1cccc(/C=C/C(=O)NCC(O)C(C)C)c1. The molecule has 0 saturated heterocycles. The Kier molecular flexibility index (Phi) is 6.96. The zero-order valence-electron chi connectivity index (χ0n) is 13.2. The first-order chi connectivity index (χ1) is 9.88. The van der Waals surface area contributed by atoms with E-state index in [2.05, 4.69) is 5.32 Å². The zero-order valence-corrected chi connectivity index (χ0v) is 13.2. The molecule has 0 aromatic heterocycles. The molecule has 4 heteroatoms. The molecule has 1 aromatic rings. The Morgan fingerprint density at radius 1 is 1.33 bits per heavy atom. The first-order valence-corrected chi connectivity index (χ1v) is 7.29. The molecule has 4 nitrogen and oxygen atoms in total. The first-order valence-electron chi connectivity index (χ1n) is 7.29. The summed E-state index contributed by atoms with van der Waals surface area (Å²) in [5.41, 5.74) is 0.896. The van der Waals surface area contributed by atoms with Crippen molar-refractivity contribution < 1.29 is 14.6 Å². The lowest BCUT2D eigenvalue weighted by molar-refractivity contribution is -0.117. The number of ether oxygens (including phenoxy) is 1. The van der Waals surface area contributed by atoms with Gasteiger partial charge in [-0.25, -0.2) is 0 Å². The highest BCUT2D eigenvalue weighted by atomic mass is 16.5. The number of nitrogens with one attached hydrogen (secondary N) is 1. The van der Waals surface area contributed by atoms with Gasteiger partial charge in [0.05, 0.1) is 12.2 Å². The molecule has 0 spiro atoms. The summed E-state index contributed by atoms with van der Waals surface area (Å²) in [5, 5.41) is 12.3. The summed E-state index contributed by atoms with van der Waals surface area (Å²) in [6.07, 6.45) is 2.78. The molecule has 0 aliphatic rings. The second-order valence-corrected chi connectivity index (χ2v) is 5.63. The van der Waals surface area contributed by atoms with E-state index in [0.717, 1.165) is 11.3 Å². The van der Waals surface area contributed by atoms with Gasteiger partial charge in [0.25, 0.3) is 0 Å². The average Bonchev–Trinajstić information content (AvgIpc) is 2.42. The monoisotopic (exact) mass is 291 g/mol. The molecule has 0 aliphatic carbocycles.